The molecule has 0 amide bonds. The minimum absolute atomic E-state index is 0.0713. The van der Waals surface area contributed by atoms with Gasteiger partial charge in [-0.05, 0) is 31.8 Å². The van der Waals surface area contributed by atoms with Gasteiger partial charge in [0.2, 0.25) is 0 Å². The third kappa shape index (κ3) is 5.10. The van der Waals surface area contributed by atoms with Gasteiger partial charge >= 0.3 is 12.3 Å². The van der Waals surface area contributed by atoms with Crippen LogP contribution in [0.4, 0.5) is 17.6 Å². The molecular weight excluding hydrogens is 248 g/mol. The third-order valence-electron chi connectivity index (χ3n) is 3.16. The molecule has 18 heavy (non-hydrogen) atoms. The highest BCUT2D eigenvalue weighted by atomic mass is 19.3. The lowest BCUT2D eigenvalue weighted by Gasteiger charge is -2.34. The molecule has 2 nitrogen and oxygen atoms in total. The van der Waals surface area contributed by atoms with Crippen LogP contribution in [0, 0.1) is 5.92 Å². The molecule has 1 fully saturated rings. The van der Waals surface area contributed by atoms with Crippen molar-refractivity contribution in [2.75, 3.05) is 26.2 Å². The van der Waals surface area contributed by atoms with E-state index in [0.29, 0.717) is 5.92 Å². The van der Waals surface area contributed by atoms with Crippen LogP contribution in [-0.4, -0.2) is 49.5 Å². The van der Waals surface area contributed by atoms with Crippen LogP contribution in [0.2, 0.25) is 0 Å². The van der Waals surface area contributed by atoms with Crippen LogP contribution < -0.4 is 5.32 Å². The van der Waals surface area contributed by atoms with E-state index < -0.39 is 18.9 Å². The maximum absolute atomic E-state index is 12.7. The largest absolute Gasteiger partial charge is 0.319 e. The summed E-state index contributed by atoms with van der Waals surface area (Å²) in [6.45, 7) is 6.02. The molecule has 0 aromatic rings. The molecule has 0 aromatic carbocycles. The lowest BCUT2D eigenvalue weighted by atomic mass is 10.0. The number of hydrogen-bond donors (Lipinski definition) is 1. The molecule has 1 saturated heterocycles. The van der Waals surface area contributed by atoms with Crippen molar-refractivity contribution >= 4 is 0 Å². The smallest absolute Gasteiger partial charge is 0.308 e. The topological polar surface area (TPSA) is 15.3 Å². The summed E-state index contributed by atoms with van der Waals surface area (Å²) in [4.78, 5) is 2.29. The van der Waals surface area contributed by atoms with E-state index in [0.717, 1.165) is 32.5 Å². The first kappa shape index (κ1) is 15.7. The van der Waals surface area contributed by atoms with E-state index in [4.69, 9.17) is 0 Å². The van der Waals surface area contributed by atoms with Gasteiger partial charge in [0.15, 0.2) is 0 Å². The van der Waals surface area contributed by atoms with Crippen LogP contribution in [0.15, 0.2) is 0 Å². The van der Waals surface area contributed by atoms with E-state index >= 15 is 0 Å². The van der Waals surface area contributed by atoms with Gasteiger partial charge in [0, 0.05) is 12.6 Å². The minimum atomic E-state index is -3.92. The predicted molar refractivity (Wildman–Crippen MR) is 63.3 cm³/mol. The van der Waals surface area contributed by atoms with Crippen molar-refractivity contribution in [3.05, 3.63) is 0 Å². The highest BCUT2D eigenvalue weighted by Gasteiger charge is 2.40. The van der Waals surface area contributed by atoms with Crippen LogP contribution in [0.25, 0.3) is 0 Å². The van der Waals surface area contributed by atoms with Gasteiger partial charge in [-0.1, -0.05) is 13.8 Å². The molecule has 0 aliphatic carbocycles. The first-order valence-electron chi connectivity index (χ1n) is 6.43. The zero-order chi connectivity index (χ0) is 13.8. The predicted octanol–water partition coefficient (Wildman–Crippen LogP) is 2.60. The van der Waals surface area contributed by atoms with Gasteiger partial charge in [-0.3, -0.25) is 0 Å². The first-order valence-corrected chi connectivity index (χ1v) is 6.43. The number of nitrogens with zero attached hydrogens (tertiary/aromatic N) is 1. The van der Waals surface area contributed by atoms with Gasteiger partial charge in [0.1, 0.15) is 0 Å². The standard InChI is InChI=1S/C12H22F4N2/c1-9(2)7-18-5-3-10(4-6-18)17-8-12(15,16)11(13)14/h9-11,17H,3-8H2,1-2H3. The fraction of sp³-hybridized carbons (Fsp3) is 1.00. The second-order valence-corrected chi connectivity index (χ2v) is 5.41. The van der Waals surface area contributed by atoms with Crippen molar-refractivity contribution in [1.82, 2.24) is 10.2 Å². The quantitative estimate of drug-likeness (QED) is 0.746. The summed E-state index contributed by atoms with van der Waals surface area (Å²) in [6.07, 6.45) is -2.11. The minimum Gasteiger partial charge on any atom is -0.308 e. The summed E-state index contributed by atoms with van der Waals surface area (Å²) < 4.78 is 49.4. The molecule has 0 saturated carbocycles. The van der Waals surface area contributed by atoms with E-state index in [2.05, 4.69) is 24.1 Å². The lowest BCUT2D eigenvalue weighted by Crippen LogP contribution is -2.48. The Morgan fingerprint density at radius 1 is 1.22 bits per heavy atom. The molecule has 6 heteroatoms. The number of alkyl halides is 4. The van der Waals surface area contributed by atoms with Crippen molar-refractivity contribution < 1.29 is 17.6 Å². The van der Waals surface area contributed by atoms with E-state index in [1.807, 2.05) is 0 Å². The van der Waals surface area contributed by atoms with Crippen LogP contribution >= 0.6 is 0 Å². The van der Waals surface area contributed by atoms with Crippen molar-refractivity contribution in [3.8, 4) is 0 Å². The second kappa shape index (κ2) is 6.70. The maximum atomic E-state index is 12.7. The molecule has 0 radical (unpaired) electrons. The maximum Gasteiger partial charge on any atom is 0.319 e. The molecule has 0 bridgehead atoms. The van der Waals surface area contributed by atoms with E-state index in [-0.39, 0.29) is 6.04 Å². The van der Waals surface area contributed by atoms with Crippen LogP contribution in [-0.2, 0) is 0 Å². The Labute approximate surface area is 106 Å². The number of nitrogens with one attached hydrogen (secondary N) is 1. The second-order valence-electron chi connectivity index (χ2n) is 5.41. The molecule has 1 rings (SSSR count). The SMILES string of the molecule is CC(C)CN1CCC(NCC(F)(F)C(F)F)CC1. The average molecular weight is 270 g/mol. The van der Waals surface area contributed by atoms with Gasteiger partial charge < -0.3 is 10.2 Å². The molecule has 1 heterocycles. The number of rotatable bonds is 6. The number of hydrogen-bond acceptors (Lipinski definition) is 2. The molecule has 0 atom stereocenters. The number of piperidine rings is 1. The first-order chi connectivity index (χ1) is 8.31. The van der Waals surface area contributed by atoms with Crippen LogP contribution in [0.3, 0.4) is 0 Å². The molecule has 108 valence electrons. The average Bonchev–Trinajstić information content (AvgIpc) is 2.27. The molecule has 1 aliphatic rings. The van der Waals surface area contributed by atoms with Crippen molar-refractivity contribution in [3.63, 3.8) is 0 Å². The fourth-order valence-electron chi connectivity index (χ4n) is 2.19. The summed E-state index contributed by atoms with van der Waals surface area (Å²) in [5.74, 6) is -3.34. The summed E-state index contributed by atoms with van der Waals surface area (Å²) in [7, 11) is 0. The summed E-state index contributed by atoms with van der Waals surface area (Å²) in [5.41, 5.74) is 0. The molecule has 0 spiro atoms. The molecule has 0 aromatic heterocycles. The van der Waals surface area contributed by atoms with Crippen LogP contribution in [0.5, 0.6) is 0 Å². The molecule has 1 aliphatic heterocycles. The Kier molecular flexibility index (Phi) is 5.85. The number of halogens is 4. The van der Waals surface area contributed by atoms with Crippen molar-refractivity contribution in [2.45, 2.75) is 45.1 Å². The summed E-state index contributed by atoms with van der Waals surface area (Å²) >= 11 is 0. The normalized spacial score (nSPS) is 20.0. The summed E-state index contributed by atoms with van der Waals surface area (Å²) in [6, 6.07) is -0.0713. The van der Waals surface area contributed by atoms with Gasteiger partial charge in [-0.2, -0.15) is 8.78 Å². The lowest BCUT2D eigenvalue weighted by molar-refractivity contribution is -0.126. The fourth-order valence-corrected chi connectivity index (χ4v) is 2.19. The zero-order valence-electron chi connectivity index (χ0n) is 10.9. The molecular formula is C12H22F4N2. The Morgan fingerprint density at radius 2 is 1.78 bits per heavy atom. The van der Waals surface area contributed by atoms with Gasteiger partial charge in [0.25, 0.3) is 0 Å². The monoisotopic (exact) mass is 270 g/mol. The molecule has 0 unspecified atom stereocenters. The van der Waals surface area contributed by atoms with Gasteiger partial charge in [-0.15, -0.1) is 0 Å². The summed E-state index contributed by atoms with van der Waals surface area (Å²) in [5, 5.41) is 2.56. The third-order valence-corrected chi connectivity index (χ3v) is 3.16. The van der Waals surface area contributed by atoms with E-state index in [1.54, 1.807) is 0 Å². The van der Waals surface area contributed by atoms with Gasteiger partial charge in [-0.25, -0.2) is 8.78 Å². The molecule has 1 N–H and O–H groups in total. The van der Waals surface area contributed by atoms with Crippen molar-refractivity contribution in [2.24, 2.45) is 5.92 Å². The Balaban J connectivity index is 2.24. The zero-order valence-corrected chi connectivity index (χ0v) is 10.9. The Hall–Kier alpha value is -0.360. The van der Waals surface area contributed by atoms with Crippen LogP contribution in [0.1, 0.15) is 26.7 Å². The highest BCUT2D eigenvalue weighted by Crippen LogP contribution is 2.22. The Morgan fingerprint density at radius 3 is 2.22 bits per heavy atom. The van der Waals surface area contributed by atoms with Crippen molar-refractivity contribution in [1.29, 1.82) is 0 Å². The highest BCUT2D eigenvalue weighted by molar-refractivity contribution is 4.81. The number of likely N-dealkylation sites (tertiary alicyclic amines) is 1. The van der Waals surface area contributed by atoms with E-state index in [9.17, 15) is 17.6 Å². The Bertz CT molecular complexity index is 238. The van der Waals surface area contributed by atoms with E-state index in [1.165, 1.54) is 0 Å². The van der Waals surface area contributed by atoms with Gasteiger partial charge in [0.05, 0.1) is 6.54 Å².